The summed E-state index contributed by atoms with van der Waals surface area (Å²) in [6.07, 6.45) is 3.65. The molecular weight excluding hydrogens is 224 g/mol. The molecule has 2 N–H and O–H groups in total. The van der Waals surface area contributed by atoms with Crippen LogP contribution in [0.1, 0.15) is 50.3 Å². The van der Waals surface area contributed by atoms with E-state index in [0.717, 1.165) is 31.5 Å². The van der Waals surface area contributed by atoms with Crippen molar-refractivity contribution in [1.29, 1.82) is 0 Å². The molecule has 0 radical (unpaired) electrons. The van der Waals surface area contributed by atoms with E-state index < -0.39 is 0 Å². The molecule has 0 aromatic heterocycles. The van der Waals surface area contributed by atoms with Gasteiger partial charge in [-0.25, -0.2) is 0 Å². The molecule has 0 aliphatic carbocycles. The number of nitrogens with one attached hydrogen (secondary N) is 2. The van der Waals surface area contributed by atoms with Gasteiger partial charge in [0.1, 0.15) is 0 Å². The van der Waals surface area contributed by atoms with E-state index in [1.54, 1.807) is 0 Å². The molecule has 0 spiro atoms. The number of rotatable bonds is 4. The van der Waals surface area contributed by atoms with Crippen molar-refractivity contribution < 1.29 is 4.79 Å². The zero-order valence-corrected chi connectivity index (χ0v) is 11.3. The molecule has 0 fully saturated rings. The molecule has 1 unspecified atom stereocenters. The first-order chi connectivity index (χ1) is 8.74. The number of fused-ring (bicyclic) bond motifs is 1. The summed E-state index contributed by atoms with van der Waals surface area (Å²) in [4.78, 5) is 11.5. The lowest BCUT2D eigenvalue weighted by Crippen LogP contribution is -2.20. The molecule has 3 heteroatoms. The maximum Gasteiger partial charge on any atom is 0.224 e. The minimum atomic E-state index is 0.139. The summed E-state index contributed by atoms with van der Waals surface area (Å²) in [5, 5.41) is 6.47. The number of hydrogen-bond acceptors (Lipinski definition) is 2. The maximum atomic E-state index is 11.5. The van der Waals surface area contributed by atoms with Gasteiger partial charge in [0, 0.05) is 18.2 Å². The van der Waals surface area contributed by atoms with Crippen molar-refractivity contribution in [3.8, 4) is 0 Å². The second-order valence-electron chi connectivity index (χ2n) is 4.84. The first kappa shape index (κ1) is 13.1. The average Bonchev–Trinajstić information content (AvgIpc) is 2.55. The lowest BCUT2D eigenvalue weighted by molar-refractivity contribution is -0.116. The van der Waals surface area contributed by atoms with Crippen molar-refractivity contribution in [2.24, 2.45) is 0 Å². The number of carbonyl (C=O) groups excluding carboxylic acids is 1. The topological polar surface area (TPSA) is 41.1 Å². The molecule has 0 bridgehead atoms. The molecule has 0 saturated heterocycles. The predicted octanol–water partition coefficient (Wildman–Crippen LogP) is 3.02. The normalized spacial score (nSPS) is 16.7. The van der Waals surface area contributed by atoms with Crippen molar-refractivity contribution in [1.82, 2.24) is 5.32 Å². The number of amides is 1. The van der Waals surface area contributed by atoms with E-state index in [1.807, 2.05) is 6.07 Å². The van der Waals surface area contributed by atoms with Crippen molar-refractivity contribution in [3.05, 3.63) is 29.3 Å². The maximum absolute atomic E-state index is 11.5. The predicted molar refractivity (Wildman–Crippen MR) is 74.7 cm³/mol. The fraction of sp³-hybridized carbons (Fsp3) is 0.533. The van der Waals surface area contributed by atoms with Gasteiger partial charge in [-0.05, 0) is 43.0 Å². The minimum absolute atomic E-state index is 0.139. The van der Waals surface area contributed by atoms with Crippen LogP contribution in [0.2, 0.25) is 0 Å². The van der Waals surface area contributed by atoms with E-state index >= 15 is 0 Å². The number of anilines is 1. The first-order valence-electron chi connectivity index (χ1n) is 6.90. The van der Waals surface area contributed by atoms with Gasteiger partial charge in [-0.3, -0.25) is 4.79 Å². The summed E-state index contributed by atoms with van der Waals surface area (Å²) in [5.74, 6) is 0.139. The number of hydrogen-bond donors (Lipinski definition) is 2. The highest BCUT2D eigenvalue weighted by atomic mass is 16.1. The van der Waals surface area contributed by atoms with Gasteiger partial charge in [0.2, 0.25) is 5.91 Å². The Morgan fingerprint density at radius 2 is 2.17 bits per heavy atom. The summed E-state index contributed by atoms with van der Waals surface area (Å²) >= 11 is 0. The Hall–Kier alpha value is -1.35. The third-order valence-corrected chi connectivity index (χ3v) is 3.51. The van der Waals surface area contributed by atoms with Crippen molar-refractivity contribution in [2.75, 3.05) is 11.9 Å². The van der Waals surface area contributed by atoms with E-state index in [9.17, 15) is 4.79 Å². The van der Waals surface area contributed by atoms with Crippen molar-refractivity contribution in [3.63, 3.8) is 0 Å². The van der Waals surface area contributed by atoms with Gasteiger partial charge in [-0.2, -0.15) is 0 Å². The largest absolute Gasteiger partial charge is 0.326 e. The van der Waals surface area contributed by atoms with E-state index in [1.165, 1.54) is 11.1 Å². The molecule has 2 rings (SSSR count). The Bertz CT molecular complexity index is 429. The average molecular weight is 246 g/mol. The van der Waals surface area contributed by atoms with Crippen LogP contribution >= 0.6 is 0 Å². The van der Waals surface area contributed by atoms with E-state index in [-0.39, 0.29) is 5.91 Å². The number of aryl methyl sites for hydroxylation is 1. The Balaban J connectivity index is 2.25. The molecule has 1 aliphatic heterocycles. The van der Waals surface area contributed by atoms with Gasteiger partial charge in [-0.1, -0.05) is 26.0 Å². The lowest BCUT2D eigenvalue weighted by Gasteiger charge is -2.18. The van der Waals surface area contributed by atoms with Crippen LogP contribution in [-0.4, -0.2) is 12.5 Å². The zero-order chi connectivity index (χ0) is 13.0. The molecule has 1 aromatic carbocycles. The fourth-order valence-electron chi connectivity index (χ4n) is 2.56. The molecule has 1 aromatic rings. The lowest BCUT2D eigenvalue weighted by atomic mass is 9.98. The summed E-state index contributed by atoms with van der Waals surface area (Å²) in [5.41, 5.74) is 3.59. The van der Waals surface area contributed by atoms with Crippen molar-refractivity contribution >= 4 is 11.6 Å². The number of benzene rings is 1. The highest BCUT2D eigenvalue weighted by Gasteiger charge is 2.15. The van der Waals surface area contributed by atoms with Gasteiger partial charge in [-0.15, -0.1) is 0 Å². The Morgan fingerprint density at radius 3 is 2.89 bits per heavy atom. The first-order valence-corrected chi connectivity index (χ1v) is 6.90. The van der Waals surface area contributed by atoms with Crippen LogP contribution in [0.25, 0.3) is 0 Å². The third kappa shape index (κ3) is 2.91. The summed E-state index contributed by atoms with van der Waals surface area (Å²) < 4.78 is 0. The summed E-state index contributed by atoms with van der Waals surface area (Å²) in [7, 11) is 0. The molecule has 0 saturated carbocycles. The minimum Gasteiger partial charge on any atom is -0.326 e. The van der Waals surface area contributed by atoms with Crippen LogP contribution in [0, 0.1) is 0 Å². The molecule has 1 atom stereocenters. The second-order valence-corrected chi connectivity index (χ2v) is 4.84. The van der Waals surface area contributed by atoms with Crippen LogP contribution in [-0.2, 0) is 11.2 Å². The molecule has 98 valence electrons. The standard InChI is InChI=1S/C15H22N2O/c1-3-13(16-4-2)12-8-9-14-11(10-12)6-5-7-15(18)17-14/h8-10,13,16H,3-7H2,1-2H3,(H,17,18). The second kappa shape index (κ2) is 6.01. The van der Waals surface area contributed by atoms with E-state index in [0.29, 0.717) is 12.5 Å². The molecule has 1 heterocycles. The van der Waals surface area contributed by atoms with Crippen LogP contribution in [0.5, 0.6) is 0 Å². The van der Waals surface area contributed by atoms with Gasteiger partial charge >= 0.3 is 0 Å². The van der Waals surface area contributed by atoms with Crippen LogP contribution in [0.3, 0.4) is 0 Å². The van der Waals surface area contributed by atoms with Gasteiger partial charge in [0.15, 0.2) is 0 Å². The van der Waals surface area contributed by atoms with Crippen LogP contribution in [0.15, 0.2) is 18.2 Å². The van der Waals surface area contributed by atoms with Gasteiger partial charge in [0.05, 0.1) is 0 Å². The van der Waals surface area contributed by atoms with Gasteiger partial charge < -0.3 is 10.6 Å². The fourth-order valence-corrected chi connectivity index (χ4v) is 2.56. The highest BCUT2D eigenvalue weighted by Crippen LogP contribution is 2.26. The SMILES string of the molecule is CCNC(CC)c1ccc2c(c1)CCCC(=O)N2. The Morgan fingerprint density at radius 1 is 1.33 bits per heavy atom. The quantitative estimate of drug-likeness (QED) is 0.857. The summed E-state index contributed by atoms with van der Waals surface area (Å²) in [6, 6.07) is 6.84. The zero-order valence-electron chi connectivity index (χ0n) is 11.3. The number of carbonyl (C=O) groups is 1. The monoisotopic (exact) mass is 246 g/mol. The molecular formula is C15H22N2O. The Kier molecular flexibility index (Phi) is 4.37. The van der Waals surface area contributed by atoms with Gasteiger partial charge in [0.25, 0.3) is 0 Å². The third-order valence-electron chi connectivity index (χ3n) is 3.51. The van der Waals surface area contributed by atoms with Crippen LogP contribution < -0.4 is 10.6 Å². The highest BCUT2D eigenvalue weighted by molar-refractivity contribution is 5.92. The molecule has 18 heavy (non-hydrogen) atoms. The molecule has 3 nitrogen and oxygen atoms in total. The molecule has 1 amide bonds. The smallest absolute Gasteiger partial charge is 0.224 e. The van der Waals surface area contributed by atoms with E-state index in [4.69, 9.17) is 0 Å². The summed E-state index contributed by atoms with van der Waals surface area (Å²) in [6.45, 7) is 5.30. The Labute approximate surface area is 109 Å². The van der Waals surface area contributed by atoms with Crippen LogP contribution in [0.4, 0.5) is 5.69 Å². The molecule has 1 aliphatic rings. The van der Waals surface area contributed by atoms with Crippen molar-refractivity contribution in [2.45, 2.75) is 45.6 Å². The van der Waals surface area contributed by atoms with E-state index in [2.05, 4.69) is 36.6 Å².